The van der Waals surface area contributed by atoms with Crippen LogP contribution >= 0.6 is 0 Å². The average molecular weight is 511 g/mol. The first-order chi connectivity index (χ1) is 16.9. The van der Waals surface area contributed by atoms with Gasteiger partial charge < -0.3 is 5.11 Å². The molecule has 2 aromatic heterocycles. The molecule has 3 heterocycles. The van der Waals surface area contributed by atoms with E-state index >= 15 is 4.39 Å². The summed E-state index contributed by atoms with van der Waals surface area (Å²) in [7, 11) is -1.65. The molecule has 1 aromatic carbocycles. The standard InChI is InChI=1S/C23H23FN8O3S/c1-22(2)20(28-21(33)34)29-23(3,13-36(22,35)26-4)16-9-15(6-7-17(16)24)18-12-32(31-30-18)19-8-5-14(10-25)11-27-19/h5-9,11-12H,13H2,1-4H3,(H,28,29)(H,33,34)/t23-,36+/m0/s1. The van der Waals surface area contributed by atoms with Crippen LogP contribution in [0.15, 0.2) is 52.1 Å². The SMILES string of the molecule is CN=[S@@]1(=O)C[C@@](C)(c2cc(-c3cn(-c4ccc(C#N)cn4)nn3)ccc2F)N=C(NC(=O)O)C1(C)C. The molecule has 36 heavy (non-hydrogen) atoms. The van der Waals surface area contributed by atoms with E-state index in [4.69, 9.17) is 5.26 Å². The van der Waals surface area contributed by atoms with Gasteiger partial charge in [-0.2, -0.15) is 5.26 Å². The zero-order valence-electron chi connectivity index (χ0n) is 19.9. The molecule has 13 heteroatoms. The minimum Gasteiger partial charge on any atom is -0.465 e. The minimum absolute atomic E-state index is 0.0537. The smallest absolute Gasteiger partial charge is 0.410 e. The van der Waals surface area contributed by atoms with Gasteiger partial charge >= 0.3 is 6.09 Å². The summed E-state index contributed by atoms with van der Waals surface area (Å²) < 4.78 is 33.3. The molecule has 11 nitrogen and oxygen atoms in total. The number of hydrogen-bond acceptors (Lipinski definition) is 8. The Hall–Kier alpha value is -4.18. The first-order valence-corrected chi connectivity index (χ1v) is 12.4. The molecule has 0 saturated heterocycles. The molecule has 1 aliphatic rings. The third-order valence-corrected chi connectivity index (χ3v) is 9.50. The van der Waals surface area contributed by atoms with Crippen LogP contribution in [0.1, 0.15) is 31.9 Å². The summed E-state index contributed by atoms with van der Waals surface area (Å²) in [5.41, 5.74) is 0.0620. The average Bonchev–Trinajstić information content (AvgIpc) is 3.33. The highest BCUT2D eigenvalue weighted by Gasteiger charge is 2.49. The Morgan fingerprint density at radius 2 is 2.06 bits per heavy atom. The first kappa shape index (κ1) is 24.9. The van der Waals surface area contributed by atoms with Crippen LogP contribution in [0.5, 0.6) is 0 Å². The molecule has 2 N–H and O–H groups in total. The van der Waals surface area contributed by atoms with Crippen molar-refractivity contribution in [1.29, 1.82) is 5.26 Å². The second-order valence-electron chi connectivity index (χ2n) is 8.90. The molecule has 0 spiro atoms. The van der Waals surface area contributed by atoms with Crippen molar-refractivity contribution in [3.63, 3.8) is 0 Å². The van der Waals surface area contributed by atoms with Crippen molar-refractivity contribution in [2.24, 2.45) is 9.36 Å². The molecule has 0 fully saturated rings. The van der Waals surface area contributed by atoms with Crippen LogP contribution in [0.25, 0.3) is 17.1 Å². The molecule has 2 atom stereocenters. The van der Waals surface area contributed by atoms with E-state index in [2.05, 4.69) is 30.0 Å². The number of nitriles is 1. The quantitative estimate of drug-likeness (QED) is 0.548. The van der Waals surface area contributed by atoms with Gasteiger partial charge in [-0.15, -0.1) is 5.10 Å². The molecule has 3 aromatic rings. The normalized spacial score (nSPS) is 22.8. The van der Waals surface area contributed by atoms with Gasteiger partial charge in [0.05, 0.1) is 27.2 Å². The number of amidine groups is 1. The van der Waals surface area contributed by atoms with Gasteiger partial charge in [0.15, 0.2) is 5.82 Å². The van der Waals surface area contributed by atoms with Crippen molar-refractivity contribution in [2.75, 3.05) is 12.8 Å². The lowest BCUT2D eigenvalue weighted by molar-refractivity contribution is 0.199. The summed E-state index contributed by atoms with van der Waals surface area (Å²) in [4.78, 5) is 20.2. The number of hydrogen-bond donors (Lipinski definition) is 2. The lowest BCUT2D eigenvalue weighted by Gasteiger charge is -2.41. The molecule has 0 unspecified atom stereocenters. The highest BCUT2D eigenvalue weighted by molar-refractivity contribution is 7.95. The van der Waals surface area contributed by atoms with E-state index in [-0.39, 0.29) is 17.2 Å². The number of benzene rings is 1. The summed E-state index contributed by atoms with van der Waals surface area (Å²) in [6.45, 7) is 4.79. The largest absolute Gasteiger partial charge is 0.465 e. The van der Waals surface area contributed by atoms with Crippen molar-refractivity contribution in [1.82, 2.24) is 25.3 Å². The number of halogens is 1. The molecule has 186 valence electrons. The molecule has 1 aliphatic heterocycles. The number of carboxylic acid groups (broad SMARTS) is 1. The number of pyridine rings is 1. The van der Waals surface area contributed by atoms with Crippen LogP contribution in [-0.4, -0.2) is 58.8 Å². The lowest BCUT2D eigenvalue weighted by Crippen LogP contribution is -2.57. The molecule has 0 bridgehead atoms. The van der Waals surface area contributed by atoms with Gasteiger partial charge in [-0.05, 0) is 51.1 Å². The summed E-state index contributed by atoms with van der Waals surface area (Å²) in [5, 5.41) is 28.7. The second kappa shape index (κ2) is 8.80. The van der Waals surface area contributed by atoms with Crippen LogP contribution in [0, 0.1) is 17.1 Å². The Kier molecular flexibility index (Phi) is 6.09. The van der Waals surface area contributed by atoms with Crippen molar-refractivity contribution < 1.29 is 18.5 Å². The summed E-state index contributed by atoms with van der Waals surface area (Å²) in [6, 6.07) is 9.52. The molecule has 0 aliphatic carbocycles. The van der Waals surface area contributed by atoms with Crippen LogP contribution in [0.3, 0.4) is 0 Å². The monoisotopic (exact) mass is 510 g/mol. The summed E-state index contributed by atoms with van der Waals surface area (Å²) in [5.74, 6) is -0.327. The predicted molar refractivity (Wildman–Crippen MR) is 131 cm³/mol. The van der Waals surface area contributed by atoms with Crippen molar-refractivity contribution >= 4 is 21.7 Å². The summed E-state index contributed by atoms with van der Waals surface area (Å²) >= 11 is 0. The number of amides is 1. The van der Waals surface area contributed by atoms with Gasteiger partial charge in [-0.1, -0.05) is 5.21 Å². The highest BCUT2D eigenvalue weighted by Crippen LogP contribution is 2.40. The minimum atomic E-state index is -3.05. The predicted octanol–water partition coefficient (Wildman–Crippen LogP) is 3.11. The Morgan fingerprint density at radius 1 is 1.31 bits per heavy atom. The maximum atomic E-state index is 15.2. The van der Waals surface area contributed by atoms with E-state index < -0.39 is 31.9 Å². The van der Waals surface area contributed by atoms with E-state index in [1.165, 1.54) is 36.1 Å². The van der Waals surface area contributed by atoms with Crippen LogP contribution in [-0.2, 0) is 15.3 Å². The maximum Gasteiger partial charge on any atom is 0.410 e. The van der Waals surface area contributed by atoms with Gasteiger partial charge in [0.25, 0.3) is 0 Å². The Bertz CT molecular complexity index is 1550. The third kappa shape index (κ3) is 4.20. The van der Waals surface area contributed by atoms with E-state index in [9.17, 15) is 14.1 Å². The van der Waals surface area contributed by atoms with Crippen LogP contribution in [0.4, 0.5) is 9.18 Å². The van der Waals surface area contributed by atoms with Crippen molar-refractivity contribution in [2.45, 2.75) is 31.1 Å². The molecule has 1 amide bonds. The number of nitrogens with one attached hydrogen (secondary N) is 1. The Morgan fingerprint density at radius 3 is 2.67 bits per heavy atom. The Labute approximate surface area is 206 Å². The van der Waals surface area contributed by atoms with Gasteiger partial charge in [0, 0.05) is 24.4 Å². The van der Waals surface area contributed by atoms with Gasteiger partial charge in [-0.25, -0.2) is 27.4 Å². The second-order valence-corrected chi connectivity index (χ2v) is 11.9. The molecule has 4 rings (SSSR count). The Balaban J connectivity index is 1.80. The fourth-order valence-corrected chi connectivity index (χ4v) is 6.36. The molecular weight excluding hydrogens is 487 g/mol. The number of aliphatic imine (C=N–C) groups is 1. The third-order valence-electron chi connectivity index (χ3n) is 6.17. The zero-order chi connectivity index (χ0) is 26.3. The first-order valence-electron chi connectivity index (χ1n) is 10.7. The number of aromatic nitrogens is 4. The maximum absolute atomic E-state index is 15.2. The molecule has 0 saturated carbocycles. The molecule has 0 radical (unpaired) electrons. The lowest BCUT2D eigenvalue weighted by atomic mass is 9.91. The van der Waals surface area contributed by atoms with Gasteiger partial charge in [0.1, 0.15) is 33.7 Å². The molecular formula is C23H23FN8O3S. The summed E-state index contributed by atoms with van der Waals surface area (Å²) in [6.07, 6.45) is 1.64. The van der Waals surface area contributed by atoms with Gasteiger partial charge in [-0.3, -0.25) is 10.3 Å². The topological polar surface area (TPSA) is 159 Å². The van der Waals surface area contributed by atoms with E-state index in [1.54, 1.807) is 39.1 Å². The van der Waals surface area contributed by atoms with Crippen molar-refractivity contribution in [3.05, 3.63) is 59.7 Å². The highest BCUT2D eigenvalue weighted by atomic mass is 32.2. The van der Waals surface area contributed by atoms with Crippen molar-refractivity contribution in [3.8, 4) is 23.1 Å². The van der Waals surface area contributed by atoms with E-state index in [0.29, 0.717) is 22.6 Å². The number of carbonyl (C=O) groups is 1. The number of rotatable bonds is 3. The van der Waals surface area contributed by atoms with E-state index in [0.717, 1.165) is 0 Å². The number of nitrogens with zero attached hydrogens (tertiary/aromatic N) is 7. The van der Waals surface area contributed by atoms with Crippen LogP contribution in [0.2, 0.25) is 0 Å². The van der Waals surface area contributed by atoms with E-state index in [1.807, 2.05) is 6.07 Å². The zero-order valence-corrected chi connectivity index (χ0v) is 20.7. The fourth-order valence-electron chi connectivity index (χ4n) is 4.03. The fraction of sp³-hybridized carbons (Fsp3) is 0.304. The van der Waals surface area contributed by atoms with Gasteiger partial charge in [0.2, 0.25) is 0 Å². The van der Waals surface area contributed by atoms with Crippen LogP contribution < -0.4 is 5.32 Å².